The van der Waals surface area contributed by atoms with Gasteiger partial charge in [0.1, 0.15) is 6.61 Å². The molecule has 18 heavy (non-hydrogen) atoms. The summed E-state index contributed by atoms with van der Waals surface area (Å²) in [6, 6.07) is 0. The van der Waals surface area contributed by atoms with Crippen LogP contribution in [-0.2, 0) is 6.54 Å². The van der Waals surface area contributed by atoms with Gasteiger partial charge in [-0.1, -0.05) is 27.7 Å². The van der Waals surface area contributed by atoms with Crippen molar-refractivity contribution in [1.29, 1.82) is 0 Å². The maximum absolute atomic E-state index is 5.62. The molecule has 0 aromatic carbocycles. The fraction of sp³-hybridized carbons (Fsp3) is 0.786. The van der Waals surface area contributed by atoms with Crippen LogP contribution in [-0.4, -0.2) is 29.5 Å². The molecule has 1 rings (SSSR count). The van der Waals surface area contributed by atoms with Crippen molar-refractivity contribution in [2.24, 2.45) is 5.41 Å². The highest BCUT2D eigenvalue weighted by atomic mass is 16.5. The lowest BCUT2D eigenvalue weighted by Crippen LogP contribution is -2.25. The minimum absolute atomic E-state index is 0.398. The molecule has 1 aromatic heterocycles. The smallest absolute Gasteiger partial charge is 0.157 e. The maximum atomic E-state index is 5.62. The third kappa shape index (κ3) is 6.64. The molecule has 0 aliphatic carbocycles. The van der Waals surface area contributed by atoms with Crippen LogP contribution in [0.1, 0.15) is 40.5 Å². The van der Waals surface area contributed by atoms with Crippen LogP contribution < -0.4 is 10.1 Å². The van der Waals surface area contributed by atoms with Gasteiger partial charge in [0.15, 0.2) is 5.75 Å². The summed E-state index contributed by atoms with van der Waals surface area (Å²) < 4.78 is 7.54. The molecule has 1 N–H and O–H groups in total. The van der Waals surface area contributed by atoms with Crippen LogP contribution in [0.25, 0.3) is 0 Å². The molecule has 1 heterocycles. The molecule has 4 nitrogen and oxygen atoms in total. The number of hydrogen-bond donors (Lipinski definition) is 1. The van der Waals surface area contributed by atoms with Crippen LogP contribution in [0.5, 0.6) is 5.75 Å². The fourth-order valence-corrected chi connectivity index (χ4v) is 1.60. The highest BCUT2D eigenvalue weighted by Gasteiger charge is 2.08. The maximum Gasteiger partial charge on any atom is 0.157 e. The van der Waals surface area contributed by atoms with Gasteiger partial charge in [-0.05, 0) is 24.8 Å². The Kier molecular flexibility index (Phi) is 6.19. The Hall–Kier alpha value is -1.03. The zero-order valence-electron chi connectivity index (χ0n) is 12.2. The zero-order chi connectivity index (χ0) is 13.4. The lowest BCUT2D eigenvalue weighted by atomic mass is 9.92. The van der Waals surface area contributed by atoms with Gasteiger partial charge in [-0.25, -0.2) is 0 Å². The van der Waals surface area contributed by atoms with Gasteiger partial charge in [0.2, 0.25) is 0 Å². The third-order valence-corrected chi connectivity index (χ3v) is 2.66. The Bertz CT molecular complexity index is 328. The molecule has 0 unspecified atom stereocenters. The summed E-state index contributed by atoms with van der Waals surface area (Å²) in [7, 11) is 0. The summed E-state index contributed by atoms with van der Waals surface area (Å²) in [6.07, 6.45) is 6.01. The topological polar surface area (TPSA) is 39.1 Å². The van der Waals surface area contributed by atoms with E-state index in [1.807, 2.05) is 10.9 Å². The molecule has 4 heteroatoms. The molecule has 104 valence electrons. The Labute approximate surface area is 111 Å². The normalized spacial score (nSPS) is 11.8. The third-order valence-electron chi connectivity index (χ3n) is 2.66. The van der Waals surface area contributed by atoms with E-state index < -0.39 is 0 Å². The van der Waals surface area contributed by atoms with Crippen molar-refractivity contribution in [2.45, 2.75) is 47.1 Å². The molecule has 0 fully saturated rings. The van der Waals surface area contributed by atoms with E-state index in [1.54, 1.807) is 6.20 Å². The van der Waals surface area contributed by atoms with E-state index >= 15 is 0 Å². The van der Waals surface area contributed by atoms with Crippen molar-refractivity contribution >= 4 is 0 Å². The number of nitrogens with one attached hydrogen (secondary N) is 1. The van der Waals surface area contributed by atoms with Crippen LogP contribution in [0, 0.1) is 5.41 Å². The summed E-state index contributed by atoms with van der Waals surface area (Å²) in [5.74, 6) is 0.862. The van der Waals surface area contributed by atoms with Gasteiger partial charge in [0.05, 0.1) is 12.4 Å². The molecule has 0 aliphatic rings. The van der Waals surface area contributed by atoms with E-state index in [-0.39, 0.29) is 0 Å². The van der Waals surface area contributed by atoms with E-state index in [0.29, 0.717) is 12.0 Å². The predicted octanol–water partition coefficient (Wildman–Crippen LogP) is 2.70. The number of nitrogens with zero attached hydrogens (tertiary/aromatic N) is 2. The van der Waals surface area contributed by atoms with Crippen molar-refractivity contribution in [2.75, 3.05) is 19.7 Å². The van der Waals surface area contributed by atoms with Gasteiger partial charge in [-0.15, -0.1) is 0 Å². The average Bonchev–Trinajstić information content (AvgIpc) is 2.70. The molecule has 0 atom stereocenters. The molecule has 0 bridgehead atoms. The van der Waals surface area contributed by atoms with Gasteiger partial charge < -0.3 is 10.1 Å². The summed E-state index contributed by atoms with van der Waals surface area (Å²) in [5, 5.41) is 7.62. The number of ether oxygens (including phenoxy) is 1. The van der Waals surface area contributed by atoms with E-state index in [2.05, 4.69) is 38.1 Å². The van der Waals surface area contributed by atoms with Gasteiger partial charge in [-0.2, -0.15) is 5.10 Å². The molecule has 0 saturated heterocycles. The lowest BCUT2D eigenvalue weighted by Gasteiger charge is -2.17. The van der Waals surface area contributed by atoms with Crippen molar-refractivity contribution < 1.29 is 4.74 Å². The first-order chi connectivity index (χ1) is 8.51. The Morgan fingerprint density at radius 1 is 1.33 bits per heavy atom. The van der Waals surface area contributed by atoms with E-state index in [1.165, 1.54) is 6.42 Å². The first-order valence-electron chi connectivity index (χ1n) is 6.87. The first-order valence-corrected chi connectivity index (χ1v) is 6.87. The van der Waals surface area contributed by atoms with E-state index in [9.17, 15) is 0 Å². The second kappa shape index (κ2) is 7.41. The van der Waals surface area contributed by atoms with Crippen LogP contribution in [0.3, 0.4) is 0 Å². The molecule has 0 saturated carbocycles. The lowest BCUT2D eigenvalue weighted by molar-refractivity contribution is 0.303. The van der Waals surface area contributed by atoms with Gasteiger partial charge >= 0.3 is 0 Å². The Morgan fingerprint density at radius 2 is 2.11 bits per heavy atom. The number of aromatic nitrogens is 2. The quantitative estimate of drug-likeness (QED) is 0.724. The summed E-state index contributed by atoms with van der Waals surface area (Å²) in [6.45, 7) is 12.5. The molecule has 0 aliphatic heterocycles. The molecular formula is C14H27N3O. The van der Waals surface area contributed by atoms with Crippen LogP contribution >= 0.6 is 0 Å². The Morgan fingerprint density at radius 3 is 2.78 bits per heavy atom. The van der Waals surface area contributed by atoms with Crippen molar-refractivity contribution in [3.05, 3.63) is 12.4 Å². The zero-order valence-corrected chi connectivity index (χ0v) is 12.2. The van der Waals surface area contributed by atoms with E-state index in [4.69, 9.17) is 4.74 Å². The van der Waals surface area contributed by atoms with Gasteiger partial charge in [-0.3, -0.25) is 4.68 Å². The second-order valence-corrected chi connectivity index (χ2v) is 5.85. The molecule has 1 aromatic rings. The van der Waals surface area contributed by atoms with Gasteiger partial charge in [0, 0.05) is 13.1 Å². The van der Waals surface area contributed by atoms with Crippen molar-refractivity contribution in [3.8, 4) is 5.75 Å². The standard InChI is InChI=1S/C14H27N3O/c1-5-9-17-12-13(11-16-17)18-10-8-15-7-6-14(2,3)4/h11-12,15H,5-10H2,1-4H3. The molecular weight excluding hydrogens is 226 g/mol. The first kappa shape index (κ1) is 15.0. The van der Waals surface area contributed by atoms with Crippen LogP contribution in [0.4, 0.5) is 0 Å². The van der Waals surface area contributed by atoms with Crippen molar-refractivity contribution in [3.63, 3.8) is 0 Å². The van der Waals surface area contributed by atoms with Gasteiger partial charge in [0.25, 0.3) is 0 Å². The average molecular weight is 253 g/mol. The van der Waals surface area contributed by atoms with Crippen molar-refractivity contribution in [1.82, 2.24) is 15.1 Å². The number of hydrogen-bond acceptors (Lipinski definition) is 3. The fourth-order valence-electron chi connectivity index (χ4n) is 1.60. The highest BCUT2D eigenvalue weighted by Crippen LogP contribution is 2.16. The SMILES string of the molecule is CCCn1cc(OCCNCCC(C)(C)C)cn1. The summed E-state index contributed by atoms with van der Waals surface area (Å²) >= 11 is 0. The van der Waals surface area contributed by atoms with Crippen LogP contribution in [0.15, 0.2) is 12.4 Å². The van der Waals surface area contributed by atoms with Crippen LogP contribution in [0.2, 0.25) is 0 Å². The minimum atomic E-state index is 0.398. The monoisotopic (exact) mass is 253 g/mol. The minimum Gasteiger partial charge on any atom is -0.489 e. The second-order valence-electron chi connectivity index (χ2n) is 5.85. The molecule has 0 radical (unpaired) electrons. The molecule has 0 amide bonds. The summed E-state index contributed by atoms with van der Waals surface area (Å²) in [5.41, 5.74) is 0.398. The van der Waals surface area contributed by atoms with E-state index in [0.717, 1.165) is 31.8 Å². The largest absolute Gasteiger partial charge is 0.489 e. The number of aryl methyl sites for hydroxylation is 1. The molecule has 0 spiro atoms. The number of rotatable bonds is 8. The predicted molar refractivity (Wildman–Crippen MR) is 75.0 cm³/mol. The summed E-state index contributed by atoms with van der Waals surface area (Å²) in [4.78, 5) is 0. The Balaban J connectivity index is 2.07. The highest BCUT2D eigenvalue weighted by molar-refractivity contribution is 5.11.